The molecule has 4 nitrogen and oxygen atoms in total. The van der Waals surface area contributed by atoms with Crippen LogP contribution in [0.5, 0.6) is 5.75 Å². The van der Waals surface area contributed by atoms with Crippen LogP contribution in [0.1, 0.15) is 25.8 Å². The summed E-state index contributed by atoms with van der Waals surface area (Å²) < 4.78 is 5.59. The number of benzene rings is 1. The summed E-state index contributed by atoms with van der Waals surface area (Å²) in [4.78, 5) is 13.5. The van der Waals surface area contributed by atoms with Crippen LogP contribution in [0.3, 0.4) is 0 Å². The fraction of sp³-hybridized carbons (Fsp3) is 0.500. The summed E-state index contributed by atoms with van der Waals surface area (Å²) in [5.74, 6) is 1.25. The molecule has 1 heterocycles. The maximum atomic E-state index is 11.8. The molecule has 1 aromatic rings. The standard InChI is InChI=1S/C14H20N2O2/c1-9(2)6-10-7-11(15)14-12(8-10)16(3)13(17)4-5-18-14/h7-9H,4-6,15H2,1-3H3. The third-order valence-electron chi connectivity index (χ3n) is 3.10. The first-order valence-corrected chi connectivity index (χ1v) is 6.30. The molecule has 0 atom stereocenters. The van der Waals surface area contributed by atoms with E-state index in [1.807, 2.05) is 12.1 Å². The van der Waals surface area contributed by atoms with Gasteiger partial charge < -0.3 is 15.4 Å². The van der Waals surface area contributed by atoms with Crippen LogP contribution in [-0.2, 0) is 11.2 Å². The number of amides is 1. The third-order valence-corrected chi connectivity index (χ3v) is 3.10. The maximum absolute atomic E-state index is 11.8. The summed E-state index contributed by atoms with van der Waals surface area (Å²) in [6.07, 6.45) is 1.34. The highest BCUT2D eigenvalue weighted by atomic mass is 16.5. The summed E-state index contributed by atoms with van der Waals surface area (Å²) in [5.41, 5.74) is 8.58. The fourth-order valence-electron chi connectivity index (χ4n) is 2.23. The molecule has 0 unspecified atom stereocenters. The van der Waals surface area contributed by atoms with Crippen LogP contribution in [0.4, 0.5) is 11.4 Å². The van der Waals surface area contributed by atoms with Gasteiger partial charge in [-0.2, -0.15) is 0 Å². The summed E-state index contributed by atoms with van der Waals surface area (Å²) in [6.45, 7) is 4.71. The molecule has 1 aromatic carbocycles. The van der Waals surface area contributed by atoms with Crippen LogP contribution < -0.4 is 15.4 Å². The number of ether oxygens (including phenoxy) is 1. The van der Waals surface area contributed by atoms with Crippen LogP contribution >= 0.6 is 0 Å². The maximum Gasteiger partial charge on any atom is 0.230 e. The molecule has 0 saturated heterocycles. The number of carbonyl (C=O) groups excluding carboxylic acids is 1. The van der Waals surface area contributed by atoms with Crippen LogP contribution in [0.25, 0.3) is 0 Å². The largest absolute Gasteiger partial charge is 0.489 e. The van der Waals surface area contributed by atoms with E-state index in [-0.39, 0.29) is 5.91 Å². The molecule has 0 radical (unpaired) electrons. The van der Waals surface area contributed by atoms with Gasteiger partial charge in [0.05, 0.1) is 24.4 Å². The van der Waals surface area contributed by atoms with Gasteiger partial charge in [0.25, 0.3) is 0 Å². The van der Waals surface area contributed by atoms with Crippen molar-refractivity contribution in [3.63, 3.8) is 0 Å². The molecule has 0 spiro atoms. The van der Waals surface area contributed by atoms with Gasteiger partial charge >= 0.3 is 0 Å². The van der Waals surface area contributed by atoms with Gasteiger partial charge in [0, 0.05) is 7.05 Å². The molecule has 2 N–H and O–H groups in total. The Hall–Kier alpha value is -1.71. The number of carbonyl (C=O) groups is 1. The monoisotopic (exact) mass is 248 g/mol. The molecule has 0 fully saturated rings. The van der Waals surface area contributed by atoms with E-state index in [4.69, 9.17) is 10.5 Å². The van der Waals surface area contributed by atoms with Crippen molar-refractivity contribution in [1.82, 2.24) is 0 Å². The molecule has 4 heteroatoms. The lowest BCUT2D eigenvalue weighted by molar-refractivity contribution is -0.118. The molecule has 0 saturated carbocycles. The van der Waals surface area contributed by atoms with Gasteiger partial charge in [-0.3, -0.25) is 4.79 Å². The molecular weight excluding hydrogens is 228 g/mol. The van der Waals surface area contributed by atoms with Gasteiger partial charge in [0.2, 0.25) is 5.91 Å². The van der Waals surface area contributed by atoms with Crippen molar-refractivity contribution in [1.29, 1.82) is 0 Å². The first kappa shape index (κ1) is 12.7. The van der Waals surface area contributed by atoms with Crippen molar-refractivity contribution in [3.8, 4) is 5.75 Å². The number of hydrogen-bond donors (Lipinski definition) is 1. The quantitative estimate of drug-likeness (QED) is 0.816. The second kappa shape index (κ2) is 4.88. The number of nitrogens with two attached hydrogens (primary N) is 1. The first-order valence-electron chi connectivity index (χ1n) is 6.30. The van der Waals surface area contributed by atoms with Crippen molar-refractivity contribution in [2.75, 3.05) is 24.3 Å². The smallest absolute Gasteiger partial charge is 0.230 e. The van der Waals surface area contributed by atoms with Crippen molar-refractivity contribution in [2.24, 2.45) is 5.92 Å². The molecule has 0 aromatic heterocycles. The van der Waals surface area contributed by atoms with Crippen LogP contribution in [-0.4, -0.2) is 19.6 Å². The molecule has 0 aliphatic carbocycles. The Morgan fingerprint density at radius 3 is 2.83 bits per heavy atom. The van der Waals surface area contributed by atoms with E-state index in [0.29, 0.717) is 30.4 Å². The highest BCUT2D eigenvalue weighted by molar-refractivity contribution is 5.96. The molecule has 1 amide bonds. The lowest BCUT2D eigenvalue weighted by Gasteiger charge is -2.19. The van der Waals surface area contributed by atoms with Crippen molar-refractivity contribution >= 4 is 17.3 Å². The Morgan fingerprint density at radius 2 is 2.17 bits per heavy atom. The second-order valence-corrected chi connectivity index (χ2v) is 5.18. The predicted molar refractivity (Wildman–Crippen MR) is 72.9 cm³/mol. The zero-order valence-corrected chi connectivity index (χ0v) is 11.2. The number of rotatable bonds is 2. The molecule has 1 aliphatic rings. The van der Waals surface area contributed by atoms with E-state index in [1.54, 1.807) is 11.9 Å². The summed E-state index contributed by atoms with van der Waals surface area (Å²) in [7, 11) is 1.77. The average Bonchev–Trinajstić information content (AvgIpc) is 2.41. The van der Waals surface area contributed by atoms with E-state index in [1.165, 1.54) is 0 Å². The Bertz CT molecular complexity index is 469. The van der Waals surface area contributed by atoms with Crippen molar-refractivity contribution < 1.29 is 9.53 Å². The van der Waals surface area contributed by atoms with Crippen LogP contribution in [0, 0.1) is 5.92 Å². The highest BCUT2D eigenvalue weighted by Crippen LogP contribution is 2.37. The fourth-order valence-corrected chi connectivity index (χ4v) is 2.23. The predicted octanol–water partition coefficient (Wildman–Crippen LogP) is 2.21. The summed E-state index contributed by atoms with van der Waals surface area (Å²) in [5, 5.41) is 0. The molecule has 18 heavy (non-hydrogen) atoms. The van der Waals surface area contributed by atoms with E-state index in [9.17, 15) is 4.79 Å². The Labute approximate surface area is 108 Å². The van der Waals surface area contributed by atoms with E-state index in [2.05, 4.69) is 13.8 Å². The molecule has 1 aliphatic heterocycles. The minimum Gasteiger partial charge on any atom is -0.489 e. The molecular formula is C14H20N2O2. The Kier molecular flexibility index (Phi) is 3.45. The van der Waals surface area contributed by atoms with Crippen LogP contribution in [0.2, 0.25) is 0 Å². The zero-order valence-electron chi connectivity index (χ0n) is 11.2. The van der Waals surface area contributed by atoms with Crippen molar-refractivity contribution in [2.45, 2.75) is 26.7 Å². The Balaban J connectivity index is 2.45. The lowest BCUT2D eigenvalue weighted by Crippen LogP contribution is -2.25. The van der Waals surface area contributed by atoms with Crippen LogP contribution in [0.15, 0.2) is 12.1 Å². The van der Waals surface area contributed by atoms with Gasteiger partial charge in [-0.1, -0.05) is 13.8 Å². The van der Waals surface area contributed by atoms with E-state index < -0.39 is 0 Å². The topological polar surface area (TPSA) is 55.6 Å². The second-order valence-electron chi connectivity index (χ2n) is 5.18. The number of nitrogens with zero attached hydrogens (tertiary/aromatic N) is 1. The minimum atomic E-state index is 0.0647. The third kappa shape index (κ3) is 2.42. The Morgan fingerprint density at radius 1 is 1.44 bits per heavy atom. The number of anilines is 2. The van der Waals surface area contributed by atoms with Gasteiger partial charge in [-0.15, -0.1) is 0 Å². The number of fused-ring (bicyclic) bond motifs is 1. The zero-order chi connectivity index (χ0) is 13.3. The van der Waals surface area contributed by atoms with Gasteiger partial charge in [0.15, 0.2) is 5.75 Å². The number of hydrogen-bond acceptors (Lipinski definition) is 3. The SMILES string of the molecule is CC(C)Cc1cc(N)c2c(c1)N(C)C(=O)CCO2. The van der Waals surface area contributed by atoms with Gasteiger partial charge in [-0.05, 0) is 30.0 Å². The van der Waals surface area contributed by atoms with Gasteiger partial charge in [-0.25, -0.2) is 0 Å². The molecule has 2 rings (SSSR count). The summed E-state index contributed by atoms with van der Waals surface area (Å²) >= 11 is 0. The molecule has 98 valence electrons. The first-order chi connectivity index (χ1) is 8.49. The lowest BCUT2D eigenvalue weighted by atomic mass is 10.0. The highest BCUT2D eigenvalue weighted by Gasteiger charge is 2.22. The summed E-state index contributed by atoms with van der Waals surface area (Å²) in [6, 6.07) is 3.96. The minimum absolute atomic E-state index is 0.0647. The van der Waals surface area contributed by atoms with E-state index >= 15 is 0 Å². The number of nitrogen functional groups attached to an aromatic ring is 1. The van der Waals surface area contributed by atoms with Gasteiger partial charge in [0.1, 0.15) is 0 Å². The van der Waals surface area contributed by atoms with Crippen molar-refractivity contribution in [3.05, 3.63) is 17.7 Å². The average molecular weight is 248 g/mol. The van der Waals surface area contributed by atoms with E-state index in [0.717, 1.165) is 17.7 Å². The molecule has 0 bridgehead atoms. The normalized spacial score (nSPS) is 15.3.